The monoisotopic (exact) mass is 703 g/mol. The van der Waals surface area contributed by atoms with Gasteiger partial charge in [0, 0.05) is 37.8 Å². The van der Waals surface area contributed by atoms with E-state index in [9.17, 15) is 23.6 Å². The molecule has 0 aromatic heterocycles. The molecule has 51 heavy (non-hydrogen) atoms. The summed E-state index contributed by atoms with van der Waals surface area (Å²) >= 11 is 0. The third-order valence-corrected chi connectivity index (χ3v) is 9.36. The van der Waals surface area contributed by atoms with Crippen LogP contribution in [0, 0.1) is 11.7 Å². The van der Waals surface area contributed by atoms with E-state index in [1.54, 1.807) is 42.5 Å². The Hall–Kier alpha value is -5.17. The summed E-state index contributed by atoms with van der Waals surface area (Å²) in [7, 11) is 3.02. The lowest BCUT2D eigenvalue weighted by Gasteiger charge is -2.32. The summed E-state index contributed by atoms with van der Waals surface area (Å²) in [5.74, 6) is -0.996. The number of hydrogen-bond acceptors (Lipinski definition) is 8. The standard InChI is InChI=1S/C38H46FN5O7/c1-23(2)29-21-43(37(47)25-13-15-33(50-4)34(19-25)51-32-11-5-10-31(49-3)27(32)20-40)22-35(45)41-16-6-8-24-12-14-28(39)26(18-24)38(48)44-17-7-9-30(44)36(46)42-29/h5,10-15,18-19,23,29-30H,6-9,16-17,20-22,40H2,1-4H3,(H,41,45)(H,42,46)/t29-,30-/m0/s1. The van der Waals surface area contributed by atoms with E-state index < -0.39 is 35.6 Å². The maximum absolute atomic E-state index is 14.9. The minimum absolute atomic E-state index is 0.00115. The van der Waals surface area contributed by atoms with Crippen LogP contribution in [-0.4, -0.2) is 85.9 Å². The summed E-state index contributed by atoms with van der Waals surface area (Å²) in [5.41, 5.74) is 7.52. The van der Waals surface area contributed by atoms with Gasteiger partial charge in [0.15, 0.2) is 11.5 Å². The van der Waals surface area contributed by atoms with E-state index >= 15 is 0 Å². The van der Waals surface area contributed by atoms with E-state index in [-0.39, 0.29) is 48.3 Å². The molecule has 2 aliphatic heterocycles. The summed E-state index contributed by atoms with van der Waals surface area (Å²) in [6.07, 6.45) is 2.01. The molecule has 4 amide bonds. The first-order valence-corrected chi connectivity index (χ1v) is 17.2. The number of aryl methyl sites for hydroxylation is 1. The average Bonchev–Trinajstić information content (AvgIpc) is 3.62. The number of hydrogen-bond donors (Lipinski definition) is 3. The zero-order chi connectivity index (χ0) is 36.7. The predicted molar refractivity (Wildman–Crippen MR) is 188 cm³/mol. The van der Waals surface area contributed by atoms with Crippen molar-refractivity contribution in [3.05, 3.63) is 82.7 Å². The molecule has 3 aromatic rings. The third kappa shape index (κ3) is 8.59. The summed E-state index contributed by atoms with van der Waals surface area (Å²) in [4.78, 5) is 57.8. The maximum Gasteiger partial charge on any atom is 0.257 e. The van der Waals surface area contributed by atoms with Crippen molar-refractivity contribution in [1.82, 2.24) is 20.4 Å². The van der Waals surface area contributed by atoms with Crippen LogP contribution in [0.5, 0.6) is 23.0 Å². The quantitative estimate of drug-likeness (QED) is 0.334. The van der Waals surface area contributed by atoms with Gasteiger partial charge in [0.1, 0.15) is 23.4 Å². The molecule has 2 heterocycles. The molecule has 272 valence electrons. The van der Waals surface area contributed by atoms with Gasteiger partial charge in [-0.05, 0) is 79.6 Å². The van der Waals surface area contributed by atoms with E-state index in [1.165, 1.54) is 36.2 Å². The third-order valence-electron chi connectivity index (χ3n) is 9.36. The fourth-order valence-electron chi connectivity index (χ4n) is 6.46. The van der Waals surface area contributed by atoms with Crippen LogP contribution < -0.4 is 30.6 Å². The summed E-state index contributed by atoms with van der Waals surface area (Å²) in [6, 6.07) is 13.0. The minimum atomic E-state index is -0.804. The van der Waals surface area contributed by atoms with Crippen LogP contribution in [0.4, 0.5) is 4.39 Å². The second kappa shape index (κ2) is 16.7. The molecule has 1 saturated heterocycles. The van der Waals surface area contributed by atoms with Crippen molar-refractivity contribution in [3.8, 4) is 23.0 Å². The van der Waals surface area contributed by atoms with E-state index in [0.29, 0.717) is 61.6 Å². The highest BCUT2D eigenvalue weighted by Crippen LogP contribution is 2.37. The van der Waals surface area contributed by atoms with Crippen molar-refractivity contribution in [2.75, 3.05) is 40.4 Å². The molecular formula is C38H46FN5O7. The maximum atomic E-state index is 14.9. The Kier molecular flexibility index (Phi) is 12.1. The molecule has 13 heteroatoms. The lowest BCUT2D eigenvalue weighted by Crippen LogP contribution is -2.54. The van der Waals surface area contributed by atoms with Gasteiger partial charge in [-0.15, -0.1) is 0 Å². The van der Waals surface area contributed by atoms with Crippen LogP contribution in [0.2, 0.25) is 0 Å². The Morgan fingerprint density at radius 3 is 2.47 bits per heavy atom. The number of rotatable bonds is 7. The molecule has 2 bridgehead atoms. The second-order valence-corrected chi connectivity index (χ2v) is 13.1. The molecule has 5 rings (SSSR count). The Labute approximate surface area is 297 Å². The number of halogens is 1. The van der Waals surface area contributed by atoms with E-state index in [2.05, 4.69) is 10.6 Å². The Morgan fingerprint density at radius 2 is 1.75 bits per heavy atom. The minimum Gasteiger partial charge on any atom is -0.496 e. The first kappa shape index (κ1) is 37.1. The number of amides is 4. The van der Waals surface area contributed by atoms with Gasteiger partial charge in [-0.25, -0.2) is 4.39 Å². The van der Waals surface area contributed by atoms with Gasteiger partial charge < -0.3 is 40.4 Å². The van der Waals surface area contributed by atoms with Crippen molar-refractivity contribution in [2.45, 2.75) is 58.2 Å². The molecule has 2 aliphatic rings. The molecule has 3 aromatic carbocycles. The number of carbonyl (C=O) groups excluding carboxylic acids is 4. The van der Waals surface area contributed by atoms with Crippen molar-refractivity contribution < 1.29 is 37.8 Å². The average molecular weight is 704 g/mol. The zero-order valence-electron chi connectivity index (χ0n) is 29.5. The molecule has 2 atom stereocenters. The molecule has 0 unspecified atom stereocenters. The van der Waals surface area contributed by atoms with Crippen molar-refractivity contribution in [3.63, 3.8) is 0 Å². The van der Waals surface area contributed by atoms with Gasteiger partial charge >= 0.3 is 0 Å². The molecule has 1 fully saturated rings. The SMILES string of the molecule is COc1ccc(C(=O)N2CC(=O)NCCCc3ccc(F)c(c3)C(=O)N3CCC[C@H]3C(=O)N[C@H](C(C)C)C2)cc1Oc1cccc(OC)c1CN. The fourth-order valence-corrected chi connectivity index (χ4v) is 6.46. The topological polar surface area (TPSA) is 153 Å². The van der Waals surface area contributed by atoms with Gasteiger partial charge in [-0.3, -0.25) is 19.2 Å². The lowest BCUT2D eigenvalue weighted by molar-refractivity contribution is -0.126. The number of methoxy groups -OCH3 is 2. The number of nitrogens with one attached hydrogen (secondary N) is 2. The number of nitrogens with two attached hydrogens (primary N) is 1. The number of fused-ring (bicyclic) bond motifs is 3. The molecule has 12 nitrogen and oxygen atoms in total. The highest BCUT2D eigenvalue weighted by Gasteiger charge is 2.37. The van der Waals surface area contributed by atoms with E-state index in [0.717, 1.165) is 5.56 Å². The van der Waals surface area contributed by atoms with Crippen LogP contribution in [0.25, 0.3) is 0 Å². The Balaban J connectivity index is 1.46. The number of ether oxygens (including phenoxy) is 3. The van der Waals surface area contributed by atoms with Crippen LogP contribution in [0.15, 0.2) is 54.6 Å². The summed E-state index contributed by atoms with van der Waals surface area (Å²) in [6.45, 7) is 4.28. The first-order valence-electron chi connectivity index (χ1n) is 17.2. The van der Waals surface area contributed by atoms with E-state index in [1.807, 2.05) is 13.8 Å². The normalized spacial score (nSPS) is 18.8. The summed E-state index contributed by atoms with van der Waals surface area (Å²) in [5, 5.41) is 5.91. The zero-order valence-corrected chi connectivity index (χ0v) is 29.5. The largest absolute Gasteiger partial charge is 0.496 e. The number of carbonyl (C=O) groups is 4. The Bertz CT molecular complexity index is 1770. The van der Waals surface area contributed by atoms with Crippen molar-refractivity contribution >= 4 is 23.6 Å². The van der Waals surface area contributed by atoms with Gasteiger partial charge in [-0.1, -0.05) is 26.0 Å². The fraction of sp³-hybridized carbons (Fsp3) is 0.421. The smallest absolute Gasteiger partial charge is 0.257 e. The van der Waals surface area contributed by atoms with Crippen LogP contribution in [0.1, 0.15) is 65.0 Å². The number of benzene rings is 3. The van der Waals surface area contributed by atoms with Gasteiger partial charge in [0.25, 0.3) is 11.8 Å². The summed E-state index contributed by atoms with van der Waals surface area (Å²) < 4.78 is 32.1. The first-order chi connectivity index (χ1) is 24.5. The highest BCUT2D eigenvalue weighted by atomic mass is 19.1. The highest BCUT2D eigenvalue weighted by molar-refractivity contribution is 5.99. The molecular weight excluding hydrogens is 657 g/mol. The molecule has 4 N–H and O–H groups in total. The molecule has 0 saturated carbocycles. The van der Waals surface area contributed by atoms with Gasteiger partial charge in [0.05, 0.1) is 31.9 Å². The molecule has 0 aliphatic carbocycles. The van der Waals surface area contributed by atoms with Gasteiger partial charge in [0.2, 0.25) is 11.8 Å². The van der Waals surface area contributed by atoms with Crippen LogP contribution >= 0.6 is 0 Å². The van der Waals surface area contributed by atoms with Crippen molar-refractivity contribution in [1.29, 1.82) is 0 Å². The van der Waals surface area contributed by atoms with E-state index in [4.69, 9.17) is 19.9 Å². The lowest BCUT2D eigenvalue weighted by atomic mass is 10.0. The van der Waals surface area contributed by atoms with Crippen molar-refractivity contribution in [2.24, 2.45) is 11.7 Å². The Morgan fingerprint density at radius 1 is 0.980 bits per heavy atom. The van der Waals surface area contributed by atoms with Crippen LogP contribution in [-0.2, 0) is 22.6 Å². The predicted octanol–water partition coefficient (Wildman–Crippen LogP) is 4.04. The molecule has 0 radical (unpaired) electrons. The second-order valence-electron chi connectivity index (χ2n) is 13.1. The van der Waals surface area contributed by atoms with Crippen LogP contribution in [0.3, 0.4) is 0 Å². The number of nitrogens with zero attached hydrogens (tertiary/aromatic N) is 2. The molecule has 0 spiro atoms. The van der Waals surface area contributed by atoms with Gasteiger partial charge in [-0.2, -0.15) is 0 Å².